The molecule has 1 aromatic carbocycles. The van der Waals surface area contributed by atoms with Gasteiger partial charge in [-0.05, 0) is 37.0 Å². The van der Waals surface area contributed by atoms with E-state index in [1.165, 1.54) is 7.11 Å². The molecule has 1 heterocycles. The van der Waals surface area contributed by atoms with Crippen molar-refractivity contribution in [2.75, 3.05) is 20.2 Å². The van der Waals surface area contributed by atoms with Gasteiger partial charge in [0.2, 0.25) is 10.0 Å². The predicted molar refractivity (Wildman–Crippen MR) is 87.8 cm³/mol. The van der Waals surface area contributed by atoms with Crippen molar-refractivity contribution < 1.29 is 17.9 Å². The second-order valence-electron chi connectivity index (χ2n) is 5.75. The predicted octanol–water partition coefficient (Wildman–Crippen LogP) is 2.15. The lowest BCUT2D eigenvalue weighted by Crippen LogP contribution is -2.46. The topological polar surface area (TPSA) is 75.7 Å². The van der Waals surface area contributed by atoms with Crippen molar-refractivity contribution >= 4 is 16.1 Å². The summed E-state index contributed by atoms with van der Waals surface area (Å²) in [7, 11) is -2.17. The third kappa shape index (κ3) is 4.68. The Morgan fingerprint density at radius 2 is 1.87 bits per heavy atom. The van der Waals surface area contributed by atoms with E-state index in [-0.39, 0.29) is 17.0 Å². The van der Waals surface area contributed by atoms with Crippen molar-refractivity contribution in [3.63, 3.8) is 0 Å². The van der Waals surface area contributed by atoms with Crippen LogP contribution in [0.2, 0.25) is 0 Å². The molecule has 0 saturated carbocycles. The average molecular weight is 340 g/mol. The largest absolute Gasteiger partial charge is 0.453 e. The number of nitrogens with one attached hydrogen (secondary N) is 1. The lowest BCUT2D eigenvalue weighted by molar-refractivity contribution is 0.111. The fourth-order valence-electron chi connectivity index (χ4n) is 2.72. The summed E-state index contributed by atoms with van der Waals surface area (Å²) < 4.78 is 32.3. The summed E-state index contributed by atoms with van der Waals surface area (Å²) in [5.74, 6) is 0. The van der Waals surface area contributed by atoms with Gasteiger partial charge in [-0.25, -0.2) is 17.9 Å². The minimum absolute atomic E-state index is 0.156. The molecular formula is C16H24N2O4S. The molecule has 0 aliphatic carbocycles. The molecule has 0 aromatic heterocycles. The van der Waals surface area contributed by atoms with Crippen LogP contribution in [-0.2, 0) is 21.2 Å². The van der Waals surface area contributed by atoms with Crippen molar-refractivity contribution in [1.29, 1.82) is 0 Å². The zero-order valence-corrected chi connectivity index (χ0v) is 14.4. The number of piperidine rings is 1. The molecule has 1 aromatic rings. The summed E-state index contributed by atoms with van der Waals surface area (Å²) in [5, 5.41) is 0. The number of carbonyl (C=O) groups is 1. The molecule has 1 N–H and O–H groups in total. The molecule has 2 rings (SSSR count). The van der Waals surface area contributed by atoms with Gasteiger partial charge in [-0.15, -0.1) is 0 Å². The van der Waals surface area contributed by atoms with Crippen molar-refractivity contribution in [1.82, 2.24) is 9.62 Å². The highest BCUT2D eigenvalue weighted by molar-refractivity contribution is 7.89. The average Bonchev–Trinajstić information content (AvgIpc) is 2.55. The van der Waals surface area contributed by atoms with Gasteiger partial charge >= 0.3 is 6.09 Å². The molecule has 1 aliphatic rings. The van der Waals surface area contributed by atoms with Gasteiger partial charge in [-0.1, -0.05) is 25.5 Å². The van der Waals surface area contributed by atoms with Gasteiger partial charge in [0, 0.05) is 19.1 Å². The summed E-state index contributed by atoms with van der Waals surface area (Å²) in [6, 6.07) is 6.86. The summed E-state index contributed by atoms with van der Waals surface area (Å²) in [5.41, 5.74) is 1.14. The van der Waals surface area contributed by atoms with Crippen LogP contribution in [0.5, 0.6) is 0 Å². The van der Waals surface area contributed by atoms with Crippen molar-refractivity contribution in [3.8, 4) is 0 Å². The first kappa shape index (κ1) is 17.7. The number of ether oxygens (including phenoxy) is 1. The molecule has 1 saturated heterocycles. The van der Waals surface area contributed by atoms with E-state index in [9.17, 15) is 13.2 Å². The number of hydrogen-bond donors (Lipinski definition) is 1. The Hall–Kier alpha value is -1.60. The number of rotatable bonds is 5. The Morgan fingerprint density at radius 3 is 2.39 bits per heavy atom. The van der Waals surface area contributed by atoms with Crippen LogP contribution < -0.4 is 4.72 Å². The fraction of sp³-hybridized carbons (Fsp3) is 0.562. The Labute approximate surface area is 137 Å². The number of sulfonamides is 1. The van der Waals surface area contributed by atoms with Gasteiger partial charge < -0.3 is 9.64 Å². The first-order chi connectivity index (χ1) is 11.0. The van der Waals surface area contributed by atoms with Crippen LogP contribution in [0.25, 0.3) is 0 Å². The number of likely N-dealkylation sites (tertiary alicyclic amines) is 1. The van der Waals surface area contributed by atoms with Crippen molar-refractivity contribution in [2.45, 2.75) is 43.5 Å². The summed E-state index contributed by atoms with van der Waals surface area (Å²) >= 11 is 0. The van der Waals surface area contributed by atoms with E-state index in [0.29, 0.717) is 25.9 Å². The Balaban J connectivity index is 1.95. The summed E-state index contributed by atoms with van der Waals surface area (Å²) in [4.78, 5) is 13.3. The van der Waals surface area contributed by atoms with E-state index in [0.717, 1.165) is 18.4 Å². The maximum atomic E-state index is 12.4. The molecule has 23 heavy (non-hydrogen) atoms. The zero-order chi connectivity index (χ0) is 16.9. The van der Waals surface area contributed by atoms with Crippen molar-refractivity contribution in [3.05, 3.63) is 29.8 Å². The SMILES string of the molecule is CCCc1ccc(S(=O)(=O)NC2CCN(C(=O)OC)CC2)cc1. The number of hydrogen-bond acceptors (Lipinski definition) is 4. The molecule has 0 radical (unpaired) electrons. The number of benzene rings is 1. The van der Waals surface area contributed by atoms with E-state index in [1.54, 1.807) is 17.0 Å². The van der Waals surface area contributed by atoms with E-state index in [4.69, 9.17) is 0 Å². The molecule has 7 heteroatoms. The van der Waals surface area contributed by atoms with E-state index in [1.807, 2.05) is 12.1 Å². The van der Waals surface area contributed by atoms with Crippen LogP contribution in [0, 0.1) is 0 Å². The Bertz CT molecular complexity index is 620. The van der Waals surface area contributed by atoms with E-state index in [2.05, 4.69) is 16.4 Å². The number of methoxy groups -OCH3 is 1. The number of carbonyl (C=O) groups excluding carboxylic acids is 1. The standard InChI is InChI=1S/C16H24N2O4S/c1-3-4-13-5-7-15(8-6-13)23(20,21)17-14-9-11-18(12-10-14)16(19)22-2/h5-8,14,17H,3-4,9-12H2,1-2H3. The maximum Gasteiger partial charge on any atom is 0.409 e. The highest BCUT2D eigenvalue weighted by atomic mass is 32.2. The van der Waals surface area contributed by atoms with Gasteiger partial charge in [0.1, 0.15) is 0 Å². The van der Waals surface area contributed by atoms with E-state index >= 15 is 0 Å². The third-order valence-corrected chi connectivity index (χ3v) is 5.56. The second kappa shape index (κ2) is 7.79. The molecule has 0 unspecified atom stereocenters. The highest BCUT2D eigenvalue weighted by Gasteiger charge is 2.26. The first-order valence-electron chi connectivity index (χ1n) is 7.90. The van der Waals surface area contributed by atoms with Gasteiger partial charge in [0.25, 0.3) is 0 Å². The monoisotopic (exact) mass is 340 g/mol. The second-order valence-corrected chi connectivity index (χ2v) is 7.46. The van der Waals surface area contributed by atoms with Crippen LogP contribution in [-0.4, -0.2) is 45.7 Å². The zero-order valence-electron chi connectivity index (χ0n) is 13.6. The van der Waals surface area contributed by atoms with E-state index < -0.39 is 10.0 Å². The highest BCUT2D eigenvalue weighted by Crippen LogP contribution is 2.16. The Kier molecular flexibility index (Phi) is 6.01. The molecule has 1 aliphatic heterocycles. The van der Waals surface area contributed by atoms with Crippen LogP contribution in [0.15, 0.2) is 29.2 Å². The Morgan fingerprint density at radius 1 is 1.26 bits per heavy atom. The molecule has 6 nitrogen and oxygen atoms in total. The molecule has 128 valence electrons. The van der Waals surface area contributed by atoms with Crippen LogP contribution in [0.1, 0.15) is 31.7 Å². The first-order valence-corrected chi connectivity index (χ1v) is 9.38. The summed E-state index contributed by atoms with van der Waals surface area (Å²) in [6.45, 7) is 3.08. The molecule has 0 bridgehead atoms. The van der Waals surface area contributed by atoms with Gasteiger partial charge in [0.15, 0.2) is 0 Å². The molecule has 1 fully saturated rings. The third-order valence-electron chi connectivity index (χ3n) is 4.02. The van der Waals surface area contributed by atoms with Crippen LogP contribution in [0.3, 0.4) is 0 Å². The van der Waals surface area contributed by atoms with Crippen LogP contribution in [0.4, 0.5) is 4.79 Å². The van der Waals surface area contributed by atoms with Gasteiger partial charge in [0.05, 0.1) is 12.0 Å². The maximum absolute atomic E-state index is 12.4. The summed E-state index contributed by atoms with van der Waals surface area (Å²) in [6.07, 6.45) is 2.78. The normalized spacial score (nSPS) is 16.3. The number of nitrogens with zero attached hydrogens (tertiary/aromatic N) is 1. The van der Waals surface area contributed by atoms with Crippen LogP contribution >= 0.6 is 0 Å². The number of aryl methyl sites for hydroxylation is 1. The fourth-order valence-corrected chi connectivity index (χ4v) is 4.03. The van der Waals surface area contributed by atoms with Gasteiger partial charge in [-0.3, -0.25) is 0 Å². The minimum atomic E-state index is -3.52. The molecule has 0 atom stereocenters. The smallest absolute Gasteiger partial charge is 0.409 e. The minimum Gasteiger partial charge on any atom is -0.453 e. The molecule has 0 spiro atoms. The molecular weight excluding hydrogens is 316 g/mol. The lowest BCUT2D eigenvalue weighted by atomic mass is 10.1. The molecule has 1 amide bonds. The van der Waals surface area contributed by atoms with Gasteiger partial charge in [-0.2, -0.15) is 0 Å². The lowest BCUT2D eigenvalue weighted by Gasteiger charge is -2.31. The quantitative estimate of drug-likeness (QED) is 0.891. The van der Waals surface area contributed by atoms with Crippen molar-refractivity contribution in [2.24, 2.45) is 0 Å². The number of amides is 1.